The third-order valence-corrected chi connectivity index (χ3v) is 4.06. The van der Waals surface area contributed by atoms with Gasteiger partial charge >= 0.3 is 5.97 Å². The number of esters is 1. The number of ketones is 1. The van der Waals surface area contributed by atoms with Gasteiger partial charge in [-0.25, -0.2) is 0 Å². The van der Waals surface area contributed by atoms with Crippen LogP contribution in [0.25, 0.3) is 10.9 Å². The van der Waals surface area contributed by atoms with Gasteiger partial charge in [-0.15, -0.1) is 12.4 Å². The number of ether oxygens (including phenoxy) is 1. The number of aromatic amines is 1. The van der Waals surface area contributed by atoms with Crippen molar-refractivity contribution in [1.29, 1.82) is 0 Å². The Kier molecular flexibility index (Phi) is 8.19. The number of fused-ring (bicyclic) bond motifs is 1. The van der Waals surface area contributed by atoms with Crippen molar-refractivity contribution in [2.75, 3.05) is 0 Å². The molecule has 0 spiro atoms. The van der Waals surface area contributed by atoms with Gasteiger partial charge in [0.25, 0.3) is 0 Å². The van der Waals surface area contributed by atoms with Gasteiger partial charge < -0.3 is 15.0 Å². The van der Waals surface area contributed by atoms with Crippen LogP contribution < -0.4 is 15.6 Å². The van der Waals surface area contributed by atoms with Gasteiger partial charge in [0.1, 0.15) is 0 Å². The normalized spacial score (nSPS) is 12.1. The maximum Gasteiger partial charge on any atom is 0.313 e. The van der Waals surface area contributed by atoms with Crippen LogP contribution in [0.15, 0.2) is 29.1 Å². The highest BCUT2D eigenvalue weighted by molar-refractivity contribution is 6.11. The van der Waals surface area contributed by atoms with E-state index in [4.69, 9.17) is 4.74 Å². The number of hydrogen-bond acceptors (Lipinski definition) is 5. The Morgan fingerprint density at radius 2 is 1.78 bits per heavy atom. The number of rotatable bonds is 7. The lowest BCUT2D eigenvalue weighted by atomic mass is 9.97. The fourth-order valence-corrected chi connectivity index (χ4v) is 2.72. The molecule has 0 saturated carbocycles. The molecule has 0 aliphatic rings. The summed E-state index contributed by atoms with van der Waals surface area (Å²) in [5.41, 5.74) is 0.522. The molecule has 2 rings (SSSR count). The standard InChI is InChI=1S/C20H26N2O4.ClH/c1-6-15(21-12(4)5)19(24)14-7-9-16(26-20(25)11(2)3)18-13(14)8-10-17(23)22-18;/h7-12,15,21H,6H2,1-5H3,(H,22,23);1H. The number of hydrogen-bond donors (Lipinski definition) is 2. The van der Waals surface area contributed by atoms with Crippen LogP contribution in [0, 0.1) is 5.92 Å². The van der Waals surface area contributed by atoms with E-state index in [0.29, 0.717) is 22.9 Å². The van der Waals surface area contributed by atoms with E-state index in [2.05, 4.69) is 10.3 Å². The zero-order chi connectivity index (χ0) is 19.4. The number of carbonyl (C=O) groups is 2. The monoisotopic (exact) mass is 394 g/mol. The van der Waals surface area contributed by atoms with Crippen LogP contribution in [0.4, 0.5) is 0 Å². The van der Waals surface area contributed by atoms with Crippen molar-refractivity contribution in [3.8, 4) is 5.75 Å². The Morgan fingerprint density at radius 3 is 2.33 bits per heavy atom. The van der Waals surface area contributed by atoms with E-state index in [-0.39, 0.29) is 47.5 Å². The fraction of sp³-hybridized carbons (Fsp3) is 0.450. The molecule has 0 bridgehead atoms. The fourth-order valence-electron chi connectivity index (χ4n) is 2.72. The van der Waals surface area contributed by atoms with Gasteiger partial charge in [-0.3, -0.25) is 14.4 Å². The van der Waals surface area contributed by atoms with Crippen LogP contribution in [0.5, 0.6) is 5.75 Å². The highest BCUT2D eigenvalue weighted by atomic mass is 35.5. The summed E-state index contributed by atoms with van der Waals surface area (Å²) in [4.78, 5) is 39.4. The maximum absolute atomic E-state index is 13.0. The number of carbonyl (C=O) groups excluding carboxylic acids is 2. The second-order valence-corrected chi connectivity index (χ2v) is 6.94. The van der Waals surface area contributed by atoms with Gasteiger partial charge in [0.2, 0.25) is 5.56 Å². The first-order valence-electron chi connectivity index (χ1n) is 8.92. The summed E-state index contributed by atoms with van der Waals surface area (Å²) < 4.78 is 5.39. The summed E-state index contributed by atoms with van der Waals surface area (Å²) >= 11 is 0. The smallest absolute Gasteiger partial charge is 0.313 e. The minimum atomic E-state index is -0.400. The SMILES string of the molecule is CCC(NC(C)C)C(=O)c1ccc(OC(=O)C(C)C)c2[nH]c(=O)ccc12.Cl. The summed E-state index contributed by atoms with van der Waals surface area (Å²) in [6.07, 6.45) is 0.645. The molecule has 1 heterocycles. The molecule has 148 valence electrons. The number of Topliss-reactive ketones (excluding diaryl/α,β-unsaturated/α-hetero) is 1. The number of H-pyrrole nitrogens is 1. The van der Waals surface area contributed by atoms with Crippen LogP contribution >= 0.6 is 12.4 Å². The minimum Gasteiger partial charge on any atom is -0.424 e. The molecule has 2 N–H and O–H groups in total. The molecule has 6 nitrogen and oxygen atoms in total. The highest BCUT2D eigenvalue weighted by Gasteiger charge is 2.23. The second kappa shape index (κ2) is 9.67. The van der Waals surface area contributed by atoms with Crippen LogP contribution in [-0.4, -0.2) is 28.8 Å². The number of aromatic nitrogens is 1. The molecule has 0 aliphatic carbocycles. The predicted octanol–water partition coefficient (Wildman–Crippen LogP) is 3.47. The first kappa shape index (κ1) is 22.9. The zero-order valence-electron chi connectivity index (χ0n) is 16.3. The molecular formula is C20H27ClN2O4. The topological polar surface area (TPSA) is 88.3 Å². The van der Waals surface area contributed by atoms with Crippen molar-refractivity contribution in [3.05, 3.63) is 40.2 Å². The van der Waals surface area contributed by atoms with E-state index in [1.165, 1.54) is 6.07 Å². The van der Waals surface area contributed by atoms with E-state index in [1.807, 2.05) is 20.8 Å². The molecule has 0 amide bonds. The van der Waals surface area contributed by atoms with Gasteiger partial charge in [-0.05, 0) is 24.6 Å². The first-order chi connectivity index (χ1) is 12.2. The van der Waals surface area contributed by atoms with Gasteiger partial charge in [0.05, 0.1) is 17.5 Å². The van der Waals surface area contributed by atoms with Gasteiger partial charge in [-0.2, -0.15) is 0 Å². The average molecular weight is 395 g/mol. The zero-order valence-corrected chi connectivity index (χ0v) is 17.1. The second-order valence-electron chi connectivity index (χ2n) is 6.94. The van der Waals surface area contributed by atoms with Crippen LogP contribution in [0.3, 0.4) is 0 Å². The quantitative estimate of drug-likeness (QED) is 0.426. The van der Waals surface area contributed by atoms with Gasteiger partial charge in [0, 0.05) is 23.1 Å². The number of benzene rings is 1. The number of pyridine rings is 1. The van der Waals surface area contributed by atoms with Crippen molar-refractivity contribution in [1.82, 2.24) is 10.3 Å². The molecular weight excluding hydrogens is 368 g/mol. The van der Waals surface area contributed by atoms with Crippen molar-refractivity contribution < 1.29 is 14.3 Å². The molecule has 1 atom stereocenters. The number of nitrogens with one attached hydrogen (secondary N) is 2. The minimum absolute atomic E-state index is 0. The van der Waals surface area contributed by atoms with Crippen LogP contribution in [0.2, 0.25) is 0 Å². The van der Waals surface area contributed by atoms with Crippen molar-refractivity contribution in [2.45, 2.75) is 53.1 Å². The summed E-state index contributed by atoms with van der Waals surface area (Å²) in [6.45, 7) is 9.38. The van der Waals surface area contributed by atoms with Gasteiger partial charge in [0.15, 0.2) is 11.5 Å². The molecule has 7 heteroatoms. The van der Waals surface area contributed by atoms with E-state index >= 15 is 0 Å². The van der Waals surface area contributed by atoms with Crippen molar-refractivity contribution in [3.63, 3.8) is 0 Å². The van der Waals surface area contributed by atoms with E-state index < -0.39 is 5.97 Å². The van der Waals surface area contributed by atoms with Crippen molar-refractivity contribution in [2.24, 2.45) is 5.92 Å². The molecule has 0 saturated heterocycles. The Labute approximate surface area is 165 Å². The molecule has 0 radical (unpaired) electrons. The maximum atomic E-state index is 13.0. The van der Waals surface area contributed by atoms with Gasteiger partial charge in [-0.1, -0.05) is 34.6 Å². The van der Waals surface area contributed by atoms with E-state index in [0.717, 1.165) is 0 Å². The largest absolute Gasteiger partial charge is 0.424 e. The Morgan fingerprint density at radius 1 is 1.11 bits per heavy atom. The van der Waals surface area contributed by atoms with E-state index in [1.54, 1.807) is 32.0 Å². The third kappa shape index (κ3) is 5.40. The summed E-state index contributed by atoms with van der Waals surface area (Å²) in [7, 11) is 0. The molecule has 0 aliphatic heterocycles. The first-order valence-corrected chi connectivity index (χ1v) is 8.92. The Bertz CT molecular complexity index is 874. The Hall–Kier alpha value is -2.18. The third-order valence-electron chi connectivity index (χ3n) is 4.06. The van der Waals surface area contributed by atoms with Crippen LogP contribution in [-0.2, 0) is 4.79 Å². The molecule has 0 fully saturated rings. The lowest BCUT2D eigenvalue weighted by Gasteiger charge is -2.20. The average Bonchev–Trinajstić information content (AvgIpc) is 2.59. The Balaban J connectivity index is 0.00000364. The predicted molar refractivity (Wildman–Crippen MR) is 109 cm³/mol. The molecule has 2 aromatic rings. The molecule has 1 aromatic heterocycles. The molecule has 1 aromatic carbocycles. The summed E-state index contributed by atoms with van der Waals surface area (Å²) in [6, 6.07) is 6.01. The molecule has 27 heavy (non-hydrogen) atoms. The summed E-state index contributed by atoms with van der Waals surface area (Å²) in [5.74, 6) is -0.512. The highest BCUT2D eigenvalue weighted by Crippen LogP contribution is 2.28. The van der Waals surface area contributed by atoms with Crippen molar-refractivity contribution >= 4 is 35.1 Å². The van der Waals surface area contributed by atoms with Crippen LogP contribution in [0.1, 0.15) is 51.4 Å². The lowest BCUT2D eigenvalue weighted by molar-refractivity contribution is -0.137. The summed E-state index contributed by atoms with van der Waals surface area (Å²) in [5, 5.41) is 3.82. The van der Waals surface area contributed by atoms with E-state index in [9.17, 15) is 14.4 Å². The lowest BCUT2D eigenvalue weighted by Crippen LogP contribution is -2.40. The molecule has 1 unspecified atom stereocenters. The number of halogens is 1.